The van der Waals surface area contributed by atoms with Crippen molar-refractivity contribution in [3.8, 4) is 0 Å². The van der Waals surface area contributed by atoms with Gasteiger partial charge in [0.25, 0.3) is 0 Å². The second-order valence-electron chi connectivity index (χ2n) is 8.14. The zero-order valence-corrected chi connectivity index (χ0v) is 20.4. The molecule has 2 aliphatic heterocycles. The van der Waals surface area contributed by atoms with Gasteiger partial charge in [0.2, 0.25) is 0 Å². The van der Waals surface area contributed by atoms with E-state index in [1.165, 1.54) is 21.4 Å². The summed E-state index contributed by atoms with van der Waals surface area (Å²) in [6, 6.07) is 6.41. The molecule has 1 aromatic carbocycles. The Morgan fingerprint density at radius 2 is 2.00 bits per heavy atom. The molecule has 0 bridgehead atoms. The summed E-state index contributed by atoms with van der Waals surface area (Å²) in [7, 11) is 1.95. The van der Waals surface area contributed by atoms with Crippen LogP contribution in [0.1, 0.15) is 31.2 Å². The van der Waals surface area contributed by atoms with Crippen molar-refractivity contribution in [2.24, 2.45) is 5.92 Å². The quantitative estimate of drug-likeness (QED) is 0.490. The number of nitrogens with one attached hydrogen (secondary N) is 1. The SMILES string of the molecule is CC1C(Br)=CC=C2C1c1cc(Br)ccc1N2CC(O)CN1C=C(CCCO)N(C)N1. The smallest absolute Gasteiger partial charge is 0.0909 e. The van der Waals surface area contributed by atoms with E-state index in [1.54, 1.807) is 0 Å². The van der Waals surface area contributed by atoms with Crippen LogP contribution in [0.15, 0.2) is 56.9 Å². The molecule has 30 heavy (non-hydrogen) atoms. The van der Waals surface area contributed by atoms with Gasteiger partial charge in [0.05, 0.1) is 19.2 Å². The van der Waals surface area contributed by atoms with Gasteiger partial charge in [-0.1, -0.05) is 44.9 Å². The zero-order valence-electron chi connectivity index (χ0n) is 17.2. The lowest BCUT2D eigenvalue weighted by atomic mass is 9.84. The van der Waals surface area contributed by atoms with Crippen molar-refractivity contribution in [1.29, 1.82) is 0 Å². The third-order valence-corrected chi connectivity index (χ3v) is 7.48. The molecule has 0 amide bonds. The van der Waals surface area contributed by atoms with Crippen LogP contribution in [0.3, 0.4) is 0 Å². The second kappa shape index (κ2) is 9.04. The number of nitrogens with zero attached hydrogens (tertiary/aromatic N) is 3. The van der Waals surface area contributed by atoms with Crippen LogP contribution in [0.5, 0.6) is 0 Å². The lowest BCUT2D eigenvalue weighted by Crippen LogP contribution is -2.44. The summed E-state index contributed by atoms with van der Waals surface area (Å²) in [6.07, 6.45) is 7.30. The Labute approximate surface area is 194 Å². The van der Waals surface area contributed by atoms with Crippen LogP contribution in [-0.2, 0) is 0 Å². The predicted molar refractivity (Wildman–Crippen MR) is 127 cm³/mol. The fraction of sp³-hybridized carbons (Fsp3) is 0.455. The number of aliphatic hydroxyl groups excluding tert-OH is 2. The highest BCUT2D eigenvalue weighted by Crippen LogP contribution is 2.52. The van der Waals surface area contributed by atoms with E-state index in [0.717, 1.165) is 23.0 Å². The molecule has 0 radical (unpaired) electrons. The standard InChI is InChI=1S/C22H28Br2N4O2/c1-14-19(24)6-8-21-22(14)18-10-15(23)5-7-20(18)28(21)13-17(30)12-27-11-16(4-3-9-29)26(2)25-27/h5-8,10-11,14,17,22,25,29-30H,3-4,9,12-13H2,1-2H3. The number of hydrogen-bond acceptors (Lipinski definition) is 6. The molecule has 6 nitrogen and oxygen atoms in total. The van der Waals surface area contributed by atoms with E-state index in [9.17, 15) is 5.11 Å². The highest BCUT2D eigenvalue weighted by Gasteiger charge is 2.40. The number of benzene rings is 1. The Hall–Kier alpha value is -1.32. The van der Waals surface area contributed by atoms with Gasteiger partial charge in [-0.25, -0.2) is 0 Å². The average Bonchev–Trinajstić information content (AvgIpc) is 3.20. The van der Waals surface area contributed by atoms with Gasteiger partial charge >= 0.3 is 0 Å². The third-order valence-electron chi connectivity index (χ3n) is 6.00. The maximum Gasteiger partial charge on any atom is 0.0909 e. The van der Waals surface area contributed by atoms with Gasteiger partial charge in [-0.3, -0.25) is 10.0 Å². The number of halogens is 2. The minimum Gasteiger partial charge on any atom is -0.396 e. The summed E-state index contributed by atoms with van der Waals surface area (Å²) in [4.78, 5) is 2.26. The molecule has 3 atom stereocenters. The molecule has 162 valence electrons. The number of anilines is 1. The number of aliphatic hydroxyl groups is 2. The van der Waals surface area contributed by atoms with Crippen LogP contribution in [0, 0.1) is 5.92 Å². The van der Waals surface area contributed by atoms with E-state index >= 15 is 0 Å². The molecular weight excluding hydrogens is 512 g/mol. The minimum atomic E-state index is -0.542. The monoisotopic (exact) mass is 538 g/mol. The highest BCUT2D eigenvalue weighted by molar-refractivity contribution is 9.11. The Morgan fingerprint density at radius 3 is 2.77 bits per heavy atom. The van der Waals surface area contributed by atoms with Crippen molar-refractivity contribution in [3.05, 3.63) is 62.5 Å². The van der Waals surface area contributed by atoms with Crippen LogP contribution in [0.25, 0.3) is 0 Å². The lowest BCUT2D eigenvalue weighted by molar-refractivity contribution is 0.0828. The summed E-state index contributed by atoms with van der Waals surface area (Å²) in [5, 5.41) is 23.9. The Morgan fingerprint density at radius 1 is 1.20 bits per heavy atom. The molecule has 0 fully saturated rings. The molecular formula is C22H28Br2N4O2. The lowest BCUT2D eigenvalue weighted by Gasteiger charge is -2.31. The molecule has 0 aromatic heterocycles. The first kappa shape index (κ1) is 21.9. The Kier molecular flexibility index (Phi) is 6.60. The number of hydrogen-bond donors (Lipinski definition) is 3. The first-order valence-electron chi connectivity index (χ1n) is 10.3. The van der Waals surface area contributed by atoms with E-state index in [1.807, 2.05) is 23.3 Å². The summed E-state index contributed by atoms with van der Waals surface area (Å²) < 4.78 is 2.28. The molecule has 3 N–H and O–H groups in total. The van der Waals surface area contributed by atoms with Crippen LogP contribution >= 0.6 is 31.9 Å². The van der Waals surface area contributed by atoms with E-state index in [0.29, 0.717) is 19.0 Å². The molecule has 2 heterocycles. The molecule has 3 unspecified atom stereocenters. The number of rotatable bonds is 7. The van der Waals surface area contributed by atoms with Crippen molar-refractivity contribution in [2.45, 2.75) is 31.8 Å². The van der Waals surface area contributed by atoms with E-state index in [-0.39, 0.29) is 12.5 Å². The Balaban J connectivity index is 1.51. The zero-order chi connectivity index (χ0) is 21.4. The van der Waals surface area contributed by atoms with Gasteiger partial charge in [0, 0.05) is 53.2 Å². The number of allylic oxidation sites excluding steroid dienone is 5. The van der Waals surface area contributed by atoms with Crippen molar-refractivity contribution in [1.82, 2.24) is 15.6 Å². The fourth-order valence-electron chi connectivity index (χ4n) is 4.52. The van der Waals surface area contributed by atoms with Gasteiger partial charge in [0.1, 0.15) is 0 Å². The first-order valence-corrected chi connectivity index (χ1v) is 11.9. The van der Waals surface area contributed by atoms with E-state index < -0.39 is 6.10 Å². The number of β-amino-alcohol motifs (C(OH)–C–C–N with tert-alkyl or cyclic N) is 1. The molecule has 0 saturated heterocycles. The molecule has 1 aliphatic carbocycles. The van der Waals surface area contributed by atoms with E-state index in [2.05, 4.69) is 79.6 Å². The maximum atomic E-state index is 10.9. The van der Waals surface area contributed by atoms with Gasteiger partial charge in [-0.05, 0) is 47.2 Å². The van der Waals surface area contributed by atoms with Crippen molar-refractivity contribution in [3.63, 3.8) is 0 Å². The van der Waals surface area contributed by atoms with Crippen LogP contribution in [0.2, 0.25) is 0 Å². The minimum absolute atomic E-state index is 0.178. The summed E-state index contributed by atoms with van der Waals surface area (Å²) in [5.41, 5.74) is 8.05. The molecule has 8 heteroatoms. The molecule has 1 aromatic rings. The average molecular weight is 540 g/mol. The van der Waals surface area contributed by atoms with Crippen molar-refractivity contribution < 1.29 is 10.2 Å². The van der Waals surface area contributed by atoms with Crippen LogP contribution in [0.4, 0.5) is 5.69 Å². The van der Waals surface area contributed by atoms with Gasteiger partial charge in [-0.2, -0.15) is 0 Å². The van der Waals surface area contributed by atoms with Gasteiger partial charge < -0.3 is 15.1 Å². The molecule has 0 spiro atoms. The molecule has 4 rings (SSSR count). The number of hydrazine groups is 2. The summed E-state index contributed by atoms with van der Waals surface area (Å²) in [5.74, 6) is 0.635. The third kappa shape index (κ3) is 4.21. The summed E-state index contributed by atoms with van der Waals surface area (Å²) in [6.45, 7) is 3.42. The van der Waals surface area contributed by atoms with Gasteiger partial charge in [0.15, 0.2) is 0 Å². The highest BCUT2D eigenvalue weighted by atomic mass is 79.9. The van der Waals surface area contributed by atoms with Crippen molar-refractivity contribution >= 4 is 37.5 Å². The molecule has 3 aliphatic rings. The van der Waals surface area contributed by atoms with Crippen molar-refractivity contribution in [2.75, 3.05) is 31.6 Å². The van der Waals surface area contributed by atoms with Crippen LogP contribution < -0.4 is 10.4 Å². The number of fused-ring (bicyclic) bond motifs is 3. The summed E-state index contributed by atoms with van der Waals surface area (Å²) >= 11 is 7.33. The molecule has 0 saturated carbocycles. The topological polar surface area (TPSA) is 62.2 Å². The largest absolute Gasteiger partial charge is 0.396 e. The Bertz CT molecular complexity index is 901. The predicted octanol–water partition coefficient (Wildman–Crippen LogP) is 3.81. The van der Waals surface area contributed by atoms with E-state index in [4.69, 9.17) is 5.11 Å². The second-order valence-corrected chi connectivity index (χ2v) is 9.97. The maximum absolute atomic E-state index is 10.9. The fourth-order valence-corrected chi connectivity index (χ4v) is 5.29. The van der Waals surface area contributed by atoms with Crippen LogP contribution in [-0.4, -0.2) is 53.1 Å². The normalized spacial score (nSPS) is 23.8. The first-order chi connectivity index (χ1) is 14.4. The van der Waals surface area contributed by atoms with Gasteiger partial charge in [-0.15, -0.1) is 5.53 Å².